The van der Waals surface area contributed by atoms with Crippen LogP contribution in [0.5, 0.6) is 0 Å². The molecule has 0 aliphatic rings. The Kier molecular flexibility index (Phi) is 4.04. The standard InChI is InChI=1S/C12H13N5O3/c1-8-2-3-9(17-7-13-15-16-17)6-10(8)14-11(18)4-5-12(19)20/h2-3,6-7H,4-5H2,1H3,(H,14,18)(H,19,20). The molecule has 8 heteroatoms. The number of carbonyl (C=O) groups is 2. The average molecular weight is 275 g/mol. The number of anilines is 1. The summed E-state index contributed by atoms with van der Waals surface area (Å²) < 4.78 is 1.46. The molecule has 0 saturated heterocycles. The molecule has 0 aliphatic heterocycles. The van der Waals surface area contributed by atoms with Gasteiger partial charge in [0.1, 0.15) is 6.33 Å². The third kappa shape index (κ3) is 3.37. The predicted octanol–water partition coefficient (Wildman–Crippen LogP) is 0.774. The summed E-state index contributed by atoms with van der Waals surface area (Å²) in [6, 6.07) is 5.37. The van der Waals surface area contributed by atoms with Crippen LogP contribution in [0.4, 0.5) is 5.69 Å². The minimum absolute atomic E-state index is 0.0656. The van der Waals surface area contributed by atoms with Crippen molar-refractivity contribution >= 4 is 17.6 Å². The van der Waals surface area contributed by atoms with Crippen LogP contribution in [0, 0.1) is 6.92 Å². The number of hydrogen-bond donors (Lipinski definition) is 2. The molecular weight excluding hydrogens is 262 g/mol. The van der Waals surface area contributed by atoms with Crippen molar-refractivity contribution in [3.63, 3.8) is 0 Å². The van der Waals surface area contributed by atoms with Crippen LogP contribution in [0.15, 0.2) is 24.5 Å². The quantitative estimate of drug-likeness (QED) is 0.834. The molecule has 0 bridgehead atoms. The van der Waals surface area contributed by atoms with E-state index in [-0.39, 0.29) is 18.7 Å². The van der Waals surface area contributed by atoms with Gasteiger partial charge in [-0.1, -0.05) is 6.07 Å². The smallest absolute Gasteiger partial charge is 0.303 e. The highest BCUT2D eigenvalue weighted by atomic mass is 16.4. The summed E-state index contributed by atoms with van der Waals surface area (Å²) in [7, 11) is 0. The van der Waals surface area contributed by atoms with Crippen molar-refractivity contribution in [1.29, 1.82) is 0 Å². The fourth-order valence-electron chi connectivity index (χ4n) is 1.60. The number of nitrogens with one attached hydrogen (secondary N) is 1. The van der Waals surface area contributed by atoms with Crippen molar-refractivity contribution in [2.24, 2.45) is 0 Å². The number of hydrogen-bond acceptors (Lipinski definition) is 5. The predicted molar refractivity (Wildman–Crippen MR) is 69.4 cm³/mol. The van der Waals surface area contributed by atoms with Gasteiger partial charge in [0, 0.05) is 12.1 Å². The lowest BCUT2D eigenvalue weighted by molar-refractivity contribution is -0.138. The van der Waals surface area contributed by atoms with Crippen LogP contribution < -0.4 is 5.32 Å². The van der Waals surface area contributed by atoms with E-state index in [1.807, 2.05) is 19.1 Å². The molecule has 1 aromatic heterocycles. The molecular formula is C12H13N5O3. The van der Waals surface area contributed by atoms with Crippen LogP contribution in [0.3, 0.4) is 0 Å². The average Bonchev–Trinajstić information content (AvgIpc) is 2.93. The molecule has 1 heterocycles. The second kappa shape index (κ2) is 5.91. The van der Waals surface area contributed by atoms with Crippen LogP contribution in [-0.2, 0) is 9.59 Å². The number of aryl methyl sites for hydroxylation is 1. The third-order valence-electron chi connectivity index (χ3n) is 2.67. The van der Waals surface area contributed by atoms with E-state index in [9.17, 15) is 9.59 Å². The van der Waals surface area contributed by atoms with Crippen molar-refractivity contribution in [2.75, 3.05) is 5.32 Å². The van der Waals surface area contributed by atoms with Crippen molar-refractivity contribution in [2.45, 2.75) is 19.8 Å². The molecule has 0 spiro atoms. The normalized spacial score (nSPS) is 10.2. The lowest BCUT2D eigenvalue weighted by atomic mass is 10.1. The minimum atomic E-state index is -1.00. The Bertz CT molecular complexity index is 624. The Morgan fingerprint density at radius 2 is 2.15 bits per heavy atom. The second-order valence-electron chi connectivity index (χ2n) is 4.20. The van der Waals surface area contributed by atoms with E-state index in [0.29, 0.717) is 11.4 Å². The van der Waals surface area contributed by atoms with Gasteiger partial charge in [-0.2, -0.15) is 0 Å². The molecule has 0 aliphatic carbocycles. The topological polar surface area (TPSA) is 110 Å². The van der Waals surface area contributed by atoms with E-state index in [2.05, 4.69) is 20.8 Å². The molecule has 0 fully saturated rings. The van der Waals surface area contributed by atoms with Gasteiger partial charge in [-0.05, 0) is 35.0 Å². The largest absolute Gasteiger partial charge is 0.481 e. The SMILES string of the molecule is Cc1ccc(-n2cnnn2)cc1NC(=O)CCC(=O)O. The number of carbonyl (C=O) groups excluding carboxylic acids is 1. The Morgan fingerprint density at radius 1 is 1.35 bits per heavy atom. The van der Waals surface area contributed by atoms with Crippen LogP contribution in [0.1, 0.15) is 18.4 Å². The maximum Gasteiger partial charge on any atom is 0.303 e. The van der Waals surface area contributed by atoms with Gasteiger partial charge in [0.2, 0.25) is 5.91 Å². The van der Waals surface area contributed by atoms with E-state index in [0.717, 1.165) is 5.56 Å². The van der Waals surface area contributed by atoms with Gasteiger partial charge in [-0.25, -0.2) is 4.68 Å². The summed E-state index contributed by atoms with van der Waals surface area (Å²) in [6.07, 6.45) is 1.18. The number of carboxylic acids is 1. The molecule has 1 amide bonds. The number of benzene rings is 1. The Labute approximate surface area is 114 Å². The highest BCUT2D eigenvalue weighted by Gasteiger charge is 2.09. The first kappa shape index (κ1) is 13.7. The molecule has 0 unspecified atom stereocenters. The van der Waals surface area contributed by atoms with E-state index in [1.54, 1.807) is 6.07 Å². The van der Waals surface area contributed by atoms with E-state index in [1.165, 1.54) is 11.0 Å². The van der Waals surface area contributed by atoms with Gasteiger partial charge in [0.05, 0.1) is 12.1 Å². The lowest BCUT2D eigenvalue weighted by Gasteiger charge is -2.09. The number of carboxylic acid groups (broad SMARTS) is 1. The molecule has 20 heavy (non-hydrogen) atoms. The number of aromatic nitrogens is 4. The van der Waals surface area contributed by atoms with Gasteiger partial charge < -0.3 is 10.4 Å². The van der Waals surface area contributed by atoms with Crippen molar-refractivity contribution < 1.29 is 14.7 Å². The van der Waals surface area contributed by atoms with Gasteiger partial charge >= 0.3 is 5.97 Å². The Hall–Kier alpha value is -2.77. The molecule has 8 nitrogen and oxygen atoms in total. The third-order valence-corrected chi connectivity index (χ3v) is 2.67. The van der Waals surface area contributed by atoms with Crippen LogP contribution in [0.2, 0.25) is 0 Å². The summed E-state index contributed by atoms with van der Waals surface area (Å²) >= 11 is 0. The summed E-state index contributed by atoms with van der Waals surface area (Å²) in [6.45, 7) is 1.84. The first-order chi connectivity index (χ1) is 9.56. The molecule has 0 radical (unpaired) electrons. The zero-order valence-corrected chi connectivity index (χ0v) is 10.8. The summed E-state index contributed by atoms with van der Waals surface area (Å²) in [5.41, 5.74) is 2.17. The van der Waals surface area contributed by atoms with E-state index in [4.69, 9.17) is 5.11 Å². The summed E-state index contributed by atoms with van der Waals surface area (Å²) in [4.78, 5) is 22.1. The lowest BCUT2D eigenvalue weighted by Crippen LogP contribution is -2.14. The summed E-state index contributed by atoms with van der Waals surface area (Å²) in [5.74, 6) is -1.34. The number of amides is 1. The number of tetrazole rings is 1. The maximum atomic E-state index is 11.6. The number of rotatable bonds is 5. The first-order valence-electron chi connectivity index (χ1n) is 5.92. The van der Waals surface area contributed by atoms with Gasteiger partial charge in [-0.3, -0.25) is 9.59 Å². The highest BCUT2D eigenvalue weighted by Crippen LogP contribution is 2.19. The minimum Gasteiger partial charge on any atom is -0.481 e. The maximum absolute atomic E-state index is 11.6. The molecule has 0 atom stereocenters. The molecule has 104 valence electrons. The Morgan fingerprint density at radius 3 is 2.80 bits per heavy atom. The first-order valence-corrected chi connectivity index (χ1v) is 5.92. The molecule has 1 aromatic carbocycles. The summed E-state index contributed by atoms with van der Waals surface area (Å²) in [5, 5.41) is 22.1. The van der Waals surface area contributed by atoms with E-state index >= 15 is 0 Å². The highest BCUT2D eigenvalue weighted by molar-refractivity contribution is 5.93. The molecule has 2 aromatic rings. The van der Waals surface area contributed by atoms with Gasteiger partial charge in [-0.15, -0.1) is 5.10 Å². The fourth-order valence-corrected chi connectivity index (χ4v) is 1.60. The molecule has 2 N–H and O–H groups in total. The fraction of sp³-hybridized carbons (Fsp3) is 0.250. The van der Waals surface area contributed by atoms with Crippen LogP contribution in [0.25, 0.3) is 5.69 Å². The molecule has 0 saturated carbocycles. The number of aliphatic carboxylic acids is 1. The molecule has 2 rings (SSSR count). The van der Waals surface area contributed by atoms with Crippen molar-refractivity contribution in [1.82, 2.24) is 20.2 Å². The second-order valence-corrected chi connectivity index (χ2v) is 4.20. The van der Waals surface area contributed by atoms with E-state index < -0.39 is 5.97 Å². The van der Waals surface area contributed by atoms with Crippen molar-refractivity contribution in [3.05, 3.63) is 30.1 Å². The van der Waals surface area contributed by atoms with Crippen LogP contribution >= 0.6 is 0 Å². The monoisotopic (exact) mass is 275 g/mol. The number of nitrogens with zero attached hydrogens (tertiary/aromatic N) is 4. The zero-order valence-electron chi connectivity index (χ0n) is 10.8. The van der Waals surface area contributed by atoms with Crippen molar-refractivity contribution in [3.8, 4) is 5.69 Å². The van der Waals surface area contributed by atoms with Gasteiger partial charge in [0.25, 0.3) is 0 Å². The van der Waals surface area contributed by atoms with Gasteiger partial charge in [0.15, 0.2) is 0 Å². The zero-order chi connectivity index (χ0) is 14.5. The Balaban J connectivity index is 2.13. The van der Waals surface area contributed by atoms with Crippen LogP contribution in [-0.4, -0.2) is 37.2 Å².